The van der Waals surface area contributed by atoms with Crippen molar-refractivity contribution in [2.75, 3.05) is 5.32 Å². The van der Waals surface area contributed by atoms with Gasteiger partial charge in [-0.25, -0.2) is 4.79 Å². The molecule has 0 unspecified atom stereocenters. The van der Waals surface area contributed by atoms with Gasteiger partial charge < -0.3 is 10.1 Å². The van der Waals surface area contributed by atoms with Crippen molar-refractivity contribution in [3.05, 3.63) is 94.4 Å². The average Bonchev–Trinajstić information content (AvgIpc) is 3.14. The molecule has 7 nitrogen and oxygen atoms in total. The highest BCUT2D eigenvalue weighted by molar-refractivity contribution is 5.91. The van der Waals surface area contributed by atoms with Gasteiger partial charge in [-0.1, -0.05) is 49.4 Å². The van der Waals surface area contributed by atoms with Gasteiger partial charge in [0, 0.05) is 30.8 Å². The number of ether oxygens (including phenoxy) is 1. The maximum atomic E-state index is 12.9. The molecule has 1 amide bonds. The number of hydrogen-bond acceptors (Lipinski definition) is 4. The lowest BCUT2D eigenvalue weighted by Crippen LogP contribution is -2.26. The van der Waals surface area contributed by atoms with E-state index in [1.165, 1.54) is 0 Å². The summed E-state index contributed by atoms with van der Waals surface area (Å²) >= 11 is 0. The fourth-order valence-corrected chi connectivity index (χ4v) is 4.08. The molecule has 0 saturated heterocycles. The standard InChI is InChI=1S/C28H28N4O3/c1-2-18-31-25-9-5-6-10-26(25)32(28(31)34)19-16-27(33)30-24-8-4-3-7-22(24)20-35-23-13-11-21(12-14-23)15-17-29/h3-14H,2,15-16,18-20H2,1H3,(H,30,33). The van der Waals surface area contributed by atoms with Crippen molar-refractivity contribution in [3.8, 4) is 11.8 Å². The van der Waals surface area contributed by atoms with Gasteiger partial charge in [-0.05, 0) is 42.3 Å². The molecular weight excluding hydrogens is 440 g/mol. The van der Waals surface area contributed by atoms with Gasteiger partial charge in [0.15, 0.2) is 0 Å². The molecular formula is C28H28N4O3. The quantitative estimate of drug-likeness (QED) is 0.359. The SMILES string of the molecule is CCCn1c(=O)n(CCC(=O)Nc2ccccc2COc2ccc(CC#N)cc2)c2ccccc21. The number of nitrogens with one attached hydrogen (secondary N) is 1. The Balaban J connectivity index is 1.41. The highest BCUT2D eigenvalue weighted by atomic mass is 16.5. The molecule has 0 spiro atoms. The number of carbonyl (C=O) groups excluding carboxylic acids is 1. The molecule has 3 aromatic carbocycles. The summed E-state index contributed by atoms with van der Waals surface area (Å²) in [6.07, 6.45) is 1.40. The smallest absolute Gasteiger partial charge is 0.329 e. The van der Waals surface area contributed by atoms with Crippen LogP contribution >= 0.6 is 0 Å². The van der Waals surface area contributed by atoms with E-state index >= 15 is 0 Å². The van der Waals surface area contributed by atoms with Crippen LogP contribution < -0.4 is 15.7 Å². The van der Waals surface area contributed by atoms with Gasteiger partial charge >= 0.3 is 5.69 Å². The molecule has 0 aliphatic heterocycles. The first-order valence-electron chi connectivity index (χ1n) is 11.7. The fraction of sp³-hybridized carbons (Fsp3) is 0.250. The van der Waals surface area contributed by atoms with Crippen LogP contribution in [-0.4, -0.2) is 15.0 Å². The monoisotopic (exact) mass is 468 g/mol. The number of hydrogen-bond donors (Lipinski definition) is 1. The van der Waals surface area contributed by atoms with Crippen LogP contribution in [-0.2, 0) is 30.9 Å². The maximum Gasteiger partial charge on any atom is 0.329 e. The topological polar surface area (TPSA) is 89.1 Å². The zero-order chi connectivity index (χ0) is 24.6. The van der Waals surface area contributed by atoms with Crippen molar-refractivity contribution < 1.29 is 9.53 Å². The molecule has 7 heteroatoms. The Bertz CT molecular complexity index is 1410. The van der Waals surface area contributed by atoms with Crippen molar-refractivity contribution in [3.63, 3.8) is 0 Å². The minimum atomic E-state index is -0.169. The number of amides is 1. The Hall–Kier alpha value is -4.31. The molecule has 4 rings (SSSR count). The Morgan fingerprint density at radius 3 is 2.29 bits per heavy atom. The van der Waals surface area contributed by atoms with Crippen LogP contribution in [0.1, 0.15) is 30.9 Å². The highest BCUT2D eigenvalue weighted by Gasteiger charge is 2.14. The molecule has 0 atom stereocenters. The molecule has 0 saturated carbocycles. The van der Waals surface area contributed by atoms with E-state index in [1.807, 2.05) is 79.7 Å². The van der Waals surface area contributed by atoms with Crippen LogP contribution in [0.15, 0.2) is 77.6 Å². The number of anilines is 1. The van der Waals surface area contributed by atoms with E-state index in [1.54, 1.807) is 9.13 Å². The third-order valence-corrected chi connectivity index (χ3v) is 5.83. The summed E-state index contributed by atoms with van der Waals surface area (Å²) in [5, 5.41) is 11.8. The predicted molar refractivity (Wildman–Crippen MR) is 136 cm³/mol. The van der Waals surface area contributed by atoms with Gasteiger partial charge in [-0.3, -0.25) is 13.9 Å². The summed E-state index contributed by atoms with van der Waals surface area (Å²) in [5.74, 6) is 0.521. The lowest BCUT2D eigenvalue weighted by atomic mass is 10.1. The Morgan fingerprint density at radius 2 is 1.60 bits per heavy atom. The maximum absolute atomic E-state index is 12.9. The first kappa shape index (κ1) is 23.8. The second kappa shape index (κ2) is 11.2. The average molecular weight is 469 g/mol. The van der Waals surface area contributed by atoms with E-state index < -0.39 is 0 Å². The van der Waals surface area contributed by atoms with E-state index in [9.17, 15) is 9.59 Å². The molecule has 178 valence electrons. The summed E-state index contributed by atoms with van der Waals surface area (Å²) in [7, 11) is 0. The van der Waals surface area contributed by atoms with Crippen LogP contribution in [0, 0.1) is 11.3 Å². The number of para-hydroxylation sites is 3. The van der Waals surface area contributed by atoms with Gasteiger partial charge in [-0.2, -0.15) is 5.26 Å². The second-order valence-corrected chi connectivity index (χ2v) is 8.30. The minimum Gasteiger partial charge on any atom is -0.489 e. The number of nitriles is 1. The summed E-state index contributed by atoms with van der Waals surface area (Å²) in [5.41, 5.74) is 4.11. The first-order valence-corrected chi connectivity index (χ1v) is 11.7. The fourth-order valence-electron chi connectivity index (χ4n) is 4.08. The van der Waals surface area contributed by atoms with Crippen molar-refractivity contribution in [2.24, 2.45) is 0 Å². The highest BCUT2D eigenvalue weighted by Crippen LogP contribution is 2.20. The van der Waals surface area contributed by atoms with Crippen LogP contribution in [0.2, 0.25) is 0 Å². The molecule has 4 aromatic rings. The van der Waals surface area contributed by atoms with E-state index in [-0.39, 0.29) is 24.6 Å². The van der Waals surface area contributed by atoms with E-state index in [0.717, 1.165) is 28.6 Å². The molecule has 0 bridgehead atoms. The molecule has 35 heavy (non-hydrogen) atoms. The van der Waals surface area contributed by atoms with E-state index in [0.29, 0.717) is 30.9 Å². The van der Waals surface area contributed by atoms with Gasteiger partial charge in [0.25, 0.3) is 0 Å². The Morgan fingerprint density at radius 1 is 0.943 bits per heavy atom. The molecule has 0 aliphatic carbocycles. The Labute approximate surface area is 204 Å². The molecule has 1 aromatic heterocycles. The number of fused-ring (bicyclic) bond motifs is 1. The molecule has 1 heterocycles. The van der Waals surface area contributed by atoms with Gasteiger partial charge in [0.05, 0.1) is 23.5 Å². The lowest BCUT2D eigenvalue weighted by Gasteiger charge is -2.13. The van der Waals surface area contributed by atoms with Crippen molar-refractivity contribution in [1.29, 1.82) is 5.26 Å². The zero-order valence-electron chi connectivity index (χ0n) is 19.7. The number of benzene rings is 3. The molecule has 0 fully saturated rings. The predicted octanol–water partition coefficient (Wildman–Crippen LogP) is 4.89. The number of aromatic nitrogens is 2. The van der Waals surface area contributed by atoms with Crippen LogP contribution in [0.5, 0.6) is 5.75 Å². The van der Waals surface area contributed by atoms with Crippen molar-refractivity contribution in [2.45, 2.75) is 45.9 Å². The van der Waals surface area contributed by atoms with Gasteiger partial charge in [0.2, 0.25) is 5.91 Å². The number of rotatable bonds is 10. The van der Waals surface area contributed by atoms with Gasteiger partial charge in [0.1, 0.15) is 12.4 Å². The molecule has 0 radical (unpaired) electrons. The number of aryl methyl sites for hydroxylation is 2. The minimum absolute atomic E-state index is 0.0876. The van der Waals surface area contributed by atoms with E-state index in [2.05, 4.69) is 11.4 Å². The normalized spacial score (nSPS) is 10.7. The Kier molecular flexibility index (Phi) is 7.63. The lowest BCUT2D eigenvalue weighted by molar-refractivity contribution is -0.116. The van der Waals surface area contributed by atoms with Gasteiger partial charge in [-0.15, -0.1) is 0 Å². The van der Waals surface area contributed by atoms with Crippen molar-refractivity contribution in [1.82, 2.24) is 9.13 Å². The van der Waals surface area contributed by atoms with Crippen LogP contribution in [0.4, 0.5) is 5.69 Å². The largest absolute Gasteiger partial charge is 0.489 e. The van der Waals surface area contributed by atoms with E-state index in [4.69, 9.17) is 10.00 Å². The first-order chi connectivity index (χ1) is 17.1. The van der Waals surface area contributed by atoms with Crippen LogP contribution in [0.25, 0.3) is 11.0 Å². The number of carbonyl (C=O) groups is 1. The third-order valence-electron chi connectivity index (χ3n) is 5.83. The summed E-state index contributed by atoms with van der Waals surface area (Å²) in [6.45, 7) is 3.28. The third kappa shape index (κ3) is 5.61. The molecule has 1 N–H and O–H groups in total. The molecule has 0 aliphatic rings. The zero-order valence-corrected chi connectivity index (χ0v) is 19.7. The number of imidazole rings is 1. The second-order valence-electron chi connectivity index (χ2n) is 8.30. The van der Waals surface area contributed by atoms with Crippen LogP contribution in [0.3, 0.4) is 0 Å². The number of nitrogens with zero attached hydrogens (tertiary/aromatic N) is 3. The summed E-state index contributed by atoms with van der Waals surface area (Å²) < 4.78 is 9.33. The van der Waals surface area contributed by atoms with Crippen molar-refractivity contribution >= 4 is 22.6 Å². The summed E-state index contributed by atoms with van der Waals surface area (Å²) in [6, 6.07) is 24.7. The summed E-state index contributed by atoms with van der Waals surface area (Å²) in [4.78, 5) is 25.7.